The molecule has 1 aromatic heterocycles. The largest absolute Gasteiger partial charge is 0.336 e. The second-order valence-corrected chi connectivity index (χ2v) is 6.24. The highest BCUT2D eigenvalue weighted by Gasteiger charge is 2.26. The number of amides is 1. The van der Waals surface area contributed by atoms with Crippen molar-refractivity contribution in [3.63, 3.8) is 0 Å². The van der Waals surface area contributed by atoms with Gasteiger partial charge in [0.2, 0.25) is 0 Å². The first-order valence-electron chi connectivity index (χ1n) is 6.63. The van der Waals surface area contributed by atoms with E-state index in [2.05, 4.69) is 32.3 Å². The molecule has 106 valence electrons. The van der Waals surface area contributed by atoms with E-state index in [1.165, 1.54) is 12.6 Å². The highest BCUT2D eigenvalue weighted by molar-refractivity contribution is 9.10. The fourth-order valence-electron chi connectivity index (χ4n) is 2.52. The minimum atomic E-state index is -0.460. The van der Waals surface area contributed by atoms with Crippen LogP contribution in [0.25, 0.3) is 0 Å². The number of hydrogen-bond donors (Lipinski definition) is 1. The molecule has 1 aliphatic carbocycles. The first kappa shape index (κ1) is 15.3. The maximum Gasteiger partial charge on any atom is 0.255 e. The molecule has 4 nitrogen and oxygen atoms in total. The number of rotatable bonds is 3. The Kier molecular flexibility index (Phi) is 5.38. The number of pyridine rings is 1. The highest BCUT2D eigenvalue weighted by atomic mass is 79.9. The minimum Gasteiger partial charge on any atom is -0.336 e. The van der Waals surface area contributed by atoms with Gasteiger partial charge in [-0.05, 0) is 40.8 Å². The number of carbonyl (C=O) groups is 1. The van der Waals surface area contributed by atoms with Crippen molar-refractivity contribution in [2.45, 2.75) is 38.1 Å². The van der Waals surface area contributed by atoms with E-state index in [4.69, 9.17) is 11.6 Å². The van der Waals surface area contributed by atoms with E-state index in [-0.39, 0.29) is 22.5 Å². The second-order valence-electron chi connectivity index (χ2n) is 4.97. The van der Waals surface area contributed by atoms with Crippen LogP contribution in [0.5, 0.6) is 0 Å². The summed E-state index contributed by atoms with van der Waals surface area (Å²) in [5, 5.41) is 12.2. The van der Waals surface area contributed by atoms with Crippen LogP contribution < -0.4 is 5.32 Å². The van der Waals surface area contributed by atoms with Crippen LogP contribution in [0.3, 0.4) is 0 Å². The Balaban J connectivity index is 2.09. The van der Waals surface area contributed by atoms with E-state index >= 15 is 0 Å². The SMILES string of the molecule is N#CC(NC(=O)c1cc(Br)cnc1Cl)C1CCCCC1. The summed E-state index contributed by atoms with van der Waals surface area (Å²) in [6.45, 7) is 0. The Bertz CT molecular complexity index is 538. The van der Waals surface area contributed by atoms with Crippen molar-refractivity contribution < 1.29 is 4.79 Å². The predicted octanol–water partition coefficient (Wildman–Crippen LogP) is 3.70. The summed E-state index contributed by atoms with van der Waals surface area (Å²) < 4.78 is 0.679. The van der Waals surface area contributed by atoms with E-state index in [1.807, 2.05) is 0 Å². The van der Waals surface area contributed by atoms with Crippen molar-refractivity contribution in [3.05, 3.63) is 27.5 Å². The maximum atomic E-state index is 12.2. The average molecular weight is 357 g/mol. The average Bonchev–Trinajstić information content (AvgIpc) is 2.48. The third-order valence-corrected chi connectivity index (χ3v) is 4.33. The number of hydrogen-bond acceptors (Lipinski definition) is 3. The number of halogens is 2. The third-order valence-electron chi connectivity index (χ3n) is 3.60. The van der Waals surface area contributed by atoms with Crippen LogP contribution in [0.1, 0.15) is 42.5 Å². The fourth-order valence-corrected chi connectivity index (χ4v) is 3.04. The quantitative estimate of drug-likeness (QED) is 0.840. The molecule has 0 spiro atoms. The number of aromatic nitrogens is 1. The van der Waals surface area contributed by atoms with Crippen molar-refractivity contribution in [1.82, 2.24) is 10.3 Å². The van der Waals surface area contributed by atoms with Crippen molar-refractivity contribution in [2.24, 2.45) is 5.92 Å². The second kappa shape index (κ2) is 7.05. The molecule has 1 aromatic rings. The smallest absolute Gasteiger partial charge is 0.255 e. The topological polar surface area (TPSA) is 65.8 Å². The normalized spacial score (nSPS) is 17.2. The van der Waals surface area contributed by atoms with Gasteiger partial charge >= 0.3 is 0 Å². The molecule has 0 aliphatic heterocycles. The van der Waals surface area contributed by atoms with Crippen molar-refractivity contribution in [3.8, 4) is 6.07 Å². The molecule has 0 bridgehead atoms. The lowest BCUT2D eigenvalue weighted by atomic mass is 9.84. The van der Waals surface area contributed by atoms with Crippen LogP contribution in [0.15, 0.2) is 16.7 Å². The molecular formula is C14H15BrClN3O. The maximum absolute atomic E-state index is 12.2. The van der Waals surface area contributed by atoms with Crippen LogP contribution in [-0.2, 0) is 0 Å². The summed E-state index contributed by atoms with van der Waals surface area (Å²) in [5.41, 5.74) is 0.289. The van der Waals surface area contributed by atoms with Gasteiger partial charge in [0.1, 0.15) is 11.2 Å². The molecule has 1 heterocycles. The lowest BCUT2D eigenvalue weighted by molar-refractivity contribution is 0.0928. The Morgan fingerprint density at radius 3 is 2.85 bits per heavy atom. The van der Waals surface area contributed by atoms with Gasteiger partial charge in [-0.1, -0.05) is 30.9 Å². The van der Waals surface area contributed by atoms with Gasteiger partial charge in [-0.15, -0.1) is 0 Å². The Morgan fingerprint density at radius 2 is 2.20 bits per heavy atom. The summed E-state index contributed by atoms with van der Waals surface area (Å²) in [6, 6.07) is 3.35. The predicted molar refractivity (Wildman–Crippen MR) is 80.4 cm³/mol. The number of nitrogens with zero attached hydrogens (tertiary/aromatic N) is 2. The molecule has 20 heavy (non-hydrogen) atoms. The zero-order chi connectivity index (χ0) is 14.5. The van der Waals surface area contributed by atoms with E-state index in [1.54, 1.807) is 6.07 Å². The molecule has 1 unspecified atom stereocenters. The summed E-state index contributed by atoms with van der Waals surface area (Å²) in [6.07, 6.45) is 6.97. The summed E-state index contributed by atoms with van der Waals surface area (Å²) in [4.78, 5) is 16.1. The van der Waals surface area contributed by atoms with Crippen molar-refractivity contribution >= 4 is 33.4 Å². The summed E-state index contributed by atoms with van der Waals surface area (Å²) in [7, 11) is 0. The van der Waals surface area contributed by atoms with Crippen LogP contribution in [0.2, 0.25) is 5.15 Å². The lowest BCUT2D eigenvalue weighted by Crippen LogP contribution is -2.40. The van der Waals surface area contributed by atoms with Gasteiger partial charge in [-0.3, -0.25) is 4.79 Å². The van der Waals surface area contributed by atoms with Crippen LogP contribution in [0.4, 0.5) is 0 Å². The highest BCUT2D eigenvalue weighted by Crippen LogP contribution is 2.27. The zero-order valence-corrected chi connectivity index (χ0v) is 13.2. The molecule has 1 amide bonds. The van der Waals surface area contributed by atoms with Crippen LogP contribution in [-0.4, -0.2) is 16.9 Å². The van der Waals surface area contributed by atoms with Crippen molar-refractivity contribution in [2.75, 3.05) is 0 Å². The van der Waals surface area contributed by atoms with Gasteiger partial charge in [-0.25, -0.2) is 4.98 Å². The van der Waals surface area contributed by atoms with Gasteiger partial charge in [0.25, 0.3) is 5.91 Å². The molecule has 1 fully saturated rings. The fraction of sp³-hybridized carbons (Fsp3) is 0.500. The molecule has 6 heteroatoms. The Hall–Kier alpha value is -1.12. The molecule has 0 saturated heterocycles. The molecule has 0 radical (unpaired) electrons. The first-order valence-corrected chi connectivity index (χ1v) is 7.80. The van der Waals surface area contributed by atoms with E-state index in [9.17, 15) is 10.1 Å². The van der Waals surface area contributed by atoms with Crippen LogP contribution >= 0.6 is 27.5 Å². The lowest BCUT2D eigenvalue weighted by Gasteiger charge is -2.26. The Labute approximate surface area is 131 Å². The molecule has 1 saturated carbocycles. The number of nitrogens with one attached hydrogen (secondary N) is 1. The molecule has 1 atom stereocenters. The van der Waals surface area contributed by atoms with Crippen LogP contribution in [0, 0.1) is 17.2 Å². The molecule has 1 aliphatic rings. The third kappa shape index (κ3) is 3.71. The van der Waals surface area contributed by atoms with E-state index < -0.39 is 6.04 Å². The van der Waals surface area contributed by atoms with Gasteiger partial charge in [0.05, 0.1) is 11.6 Å². The number of nitriles is 1. The first-order chi connectivity index (χ1) is 9.61. The molecule has 2 rings (SSSR count). The summed E-state index contributed by atoms with van der Waals surface area (Å²) in [5.74, 6) is -0.113. The number of carbonyl (C=O) groups excluding carboxylic acids is 1. The molecule has 0 aromatic carbocycles. The summed E-state index contributed by atoms with van der Waals surface area (Å²) >= 11 is 9.19. The molecular weight excluding hydrogens is 342 g/mol. The van der Waals surface area contributed by atoms with Gasteiger partial charge in [-0.2, -0.15) is 5.26 Å². The van der Waals surface area contributed by atoms with Crippen molar-refractivity contribution in [1.29, 1.82) is 5.26 Å². The van der Waals surface area contributed by atoms with Gasteiger partial charge in [0.15, 0.2) is 0 Å². The monoisotopic (exact) mass is 355 g/mol. The zero-order valence-electron chi connectivity index (χ0n) is 10.9. The standard InChI is InChI=1S/C14H15BrClN3O/c15-10-6-11(13(16)18-8-10)14(20)19-12(7-17)9-4-2-1-3-5-9/h6,8-9,12H,1-5H2,(H,19,20). The minimum absolute atomic E-state index is 0.144. The van der Waals surface area contributed by atoms with E-state index in [0.717, 1.165) is 25.7 Å². The van der Waals surface area contributed by atoms with Gasteiger partial charge in [0, 0.05) is 10.7 Å². The van der Waals surface area contributed by atoms with E-state index in [0.29, 0.717) is 4.47 Å². The Morgan fingerprint density at radius 1 is 1.50 bits per heavy atom. The molecule has 1 N–H and O–H groups in total. The van der Waals surface area contributed by atoms with Gasteiger partial charge < -0.3 is 5.32 Å².